The predicted molar refractivity (Wildman–Crippen MR) is 64.3 cm³/mol. The zero-order chi connectivity index (χ0) is 10.7. The molecule has 1 rings (SSSR count). The van der Waals surface area contributed by atoms with E-state index in [0.717, 1.165) is 29.6 Å². The van der Waals surface area contributed by atoms with E-state index in [1.54, 1.807) is 0 Å². The maximum absolute atomic E-state index is 2.43. The number of hydrogen-bond acceptors (Lipinski definition) is 0. The van der Waals surface area contributed by atoms with Gasteiger partial charge in [0.1, 0.15) is 0 Å². The van der Waals surface area contributed by atoms with Gasteiger partial charge in [0.15, 0.2) is 0 Å². The molecule has 0 aliphatic heterocycles. The van der Waals surface area contributed by atoms with E-state index in [1.807, 2.05) is 0 Å². The van der Waals surface area contributed by atoms with Crippen molar-refractivity contribution in [2.45, 2.75) is 60.3 Å². The van der Waals surface area contributed by atoms with Crippen molar-refractivity contribution in [3.63, 3.8) is 0 Å². The molecule has 0 amide bonds. The van der Waals surface area contributed by atoms with Crippen LogP contribution in [0, 0.1) is 29.6 Å². The van der Waals surface area contributed by atoms with Crippen LogP contribution in [-0.2, 0) is 0 Å². The summed E-state index contributed by atoms with van der Waals surface area (Å²) in [5, 5.41) is 0. The van der Waals surface area contributed by atoms with Crippen molar-refractivity contribution in [1.29, 1.82) is 0 Å². The third-order valence-electron chi connectivity index (χ3n) is 4.39. The highest BCUT2D eigenvalue weighted by Gasteiger charge is 2.30. The van der Waals surface area contributed by atoms with E-state index in [1.165, 1.54) is 25.7 Å². The summed E-state index contributed by atoms with van der Waals surface area (Å²) < 4.78 is 0. The van der Waals surface area contributed by atoms with Gasteiger partial charge in [0, 0.05) is 0 Å². The summed E-state index contributed by atoms with van der Waals surface area (Å²) in [6.45, 7) is 12.0. The van der Waals surface area contributed by atoms with E-state index in [9.17, 15) is 0 Å². The van der Waals surface area contributed by atoms with E-state index in [-0.39, 0.29) is 0 Å². The van der Waals surface area contributed by atoms with Crippen LogP contribution < -0.4 is 0 Å². The van der Waals surface area contributed by atoms with Gasteiger partial charge in [0.05, 0.1) is 0 Å². The van der Waals surface area contributed by atoms with Gasteiger partial charge in [0.25, 0.3) is 0 Å². The van der Waals surface area contributed by atoms with Crippen molar-refractivity contribution in [3.05, 3.63) is 0 Å². The van der Waals surface area contributed by atoms with Crippen LogP contribution in [0.2, 0.25) is 0 Å². The summed E-state index contributed by atoms with van der Waals surface area (Å²) in [6.07, 6.45) is 5.96. The van der Waals surface area contributed by atoms with Crippen LogP contribution in [0.25, 0.3) is 0 Å². The zero-order valence-electron chi connectivity index (χ0n) is 10.7. The van der Waals surface area contributed by atoms with Crippen molar-refractivity contribution in [2.75, 3.05) is 0 Å². The molecule has 0 aromatic heterocycles. The molecule has 0 spiro atoms. The Balaban J connectivity index is 2.42. The standard InChI is InChI=1S/C14H28/c1-10(2)12(5)9-14(11(3)4)13-7-6-8-13/h10-14H,6-9H2,1-5H3. The molecule has 1 fully saturated rings. The van der Waals surface area contributed by atoms with Gasteiger partial charge < -0.3 is 0 Å². The van der Waals surface area contributed by atoms with E-state index in [2.05, 4.69) is 34.6 Å². The normalized spacial score (nSPS) is 22.5. The molecule has 0 aromatic carbocycles. The summed E-state index contributed by atoms with van der Waals surface area (Å²) in [7, 11) is 0. The Bertz CT molecular complexity index is 153. The van der Waals surface area contributed by atoms with Crippen LogP contribution in [0.15, 0.2) is 0 Å². The zero-order valence-corrected chi connectivity index (χ0v) is 10.7. The molecular formula is C14H28. The minimum atomic E-state index is 0.858. The second kappa shape index (κ2) is 5.19. The lowest BCUT2D eigenvalue weighted by Gasteiger charge is -2.38. The number of rotatable bonds is 5. The molecule has 0 nitrogen and oxygen atoms in total. The first-order valence-electron chi connectivity index (χ1n) is 6.52. The van der Waals surface area contributed by atoms with E-state index in [4.69, 9.17) is 0 Å². The minimum Gasteiger partial charge on any atom is -0.0625 e. The van der Waals surface area contributed by atoms with Gasteiger partial charge in [-0.2, -0.15) is 0 Å². The average Bonchev–Trinajstić information content (AvgIpc) is 1.99. The first-order chi connectivity index (χ1) is 6.52. The molecule has 0 aromatic rings. The van der Waals surface area contributed by atoms with Gasteiger partial charge in [-0.05, 0) is 36.0 Å². The van der Waals surface area contributed by atoms with Crippen molar-refractivity contribution >= 4 is 0 Å². The highest BCUT2D eigenvalue weighted by Crippen LogP contribution is 2.41. The van der Waals surface area contributed by atoms with Gasteiger partial charge in [-0.15, -0.1) is 0 Å². The van der Waals surface area contributed by atoms with E-state index in [0.29, 0.717) is 0 Å². The predicted octanol–water partition coefficient (Wildman–Crippen LogP) is 4.74. The van der Waals surface area contributed by atoms with Gasteiger partial charge in [-0.3, -0.25) is 0 Å². The Kier molecular flexibility index (Phi) is 4.47. The topological polar surface area (TPSA) is 0 Å². The summed E-state index contributed by atoms with van der Waals surface area (Å²) >= 11 is 0. The van der Waals surface area contributed by atoms with Crippen molar-refractivity contribution in [1.82, 2.24) is 0 Å². The largest absolute Gasteiger partial charge is 0.0625 e. The summed E-state index contributed by atoms with van der Waals surface area (Å²) in [5.41, 5.74) is 0. The maximum Gasteiger partial charge on any atom is -0.0360 e. The van der Waals surface area contributed by atoms with Crippen molar-refractivity contribution in [2.24, 2.45) is 29.6 Å². The summed E-state index contributed by atoms with van der Waals surface area (Å²) in [6, 6.07) is 0. The first-order valence-corrected chi connectivity index (χ1v) is 6.52. The van der Waals surface area contributed by atoms with Crippen LogP contribution in [0.4, 0.5) is 0 Å². The Morgan fingerprint density at radius 1 is 0.929 bits per heavy atom. The van der Waals surface area contributed by atoms with Crippen molar-refractivity contribution < 1.29 is 0 Å². The lowest BCUT2D eigenvalue weighted by molar-refractivity contribution is 0.124. The highest BCUT2D eigenvalue weighted by molar-refractivity contribution is 4.81. The Morgan fingerprint density at radius 2 is 1.50 bits per heavy atom. The van der Waals surface area contributed by atoms with Crippen LogP contribution in [0.3, 0.4) is 0 Å². The monoisotopic (exact) mass is 196 g/mol. The third kappa shape index (κ3) is 3.00. The fourth-order valence-corrected chi connectivity index (χ4v) is 2.58. The summed E-state index contributed by atoms with van der Waals surface area (Å²) in [4.78, 5) is 0. The second-order valence-corrected chi connectivity index (χ2v) is 6.06. The fraction of sp³-hybridized carbons (Fsp3) is 1.00. The quantitative estimate of drug-likeness (QED) is 0.595. The highest BCUT2D eigenvalue weighted by atomic mass is 14.4. The van der Waals surface area contributed by atoms with Crippen LogP contribution in [0.5, 0.6) is 0 Å². The maximum atomic E-state index is 2.43. The SMILES string of the molecule is CC(C)C(C)CC(C(C)C)C1CCC1. The Hall–Kier alpha value is 0. The van der Waals surface area contributed by atoms with Gasteiger partial charge >= 0.3 is 0 Å². The van der Waals surface area contributed by atoms with Gasteiger partial charge in [-0.25, -0.2) is 0 Å². The van der Waals surface area contributed by atoms with Crippen LogP contribution in [-0.4, -0.2) is 0 Å². The second-order valence-electron chi connectivity index (χ2n) is 6.06. The lowest BCUT2D eigenvalue weighted by Crippen LogP contribution is -2.28. The molecule has 0 heterocycles. The third-order valence-corrected chi connectivity index (χ3v) is 4.39. The smallest absolute Gasteiger partial charge is 0.0360 e. The molecule has 2 atom stereocenters. The molecule has 0 heteroatoms. The Morgan fingerprint density at radius 3 is 1.79 bits per heavy atom. The first kappa shape index (κ1) is 12.1. The number of hydrogen-bond donors (Lipinski definition) is 0. The van der Waals surface area contributed by atoms with E-state index < -0.39 is 0 Å². The lowest BCUT2D eigenvalue weighted by atomic mass is 9.67. The van der Waals surface area contributed by atoms with Crippen LogP contribution in [0.1, 0.15) is 60.3 Å². The molecular weight excluding hydrogens is 168 g/mol. The molecule has 0 bridgehead atoms. The molecule has 1 aliphatic rings. The van der Waals surface area contributed by atoms with E-state index >= 15 is 0 Å². The molecule has 2 unspecified atom stereocenters. The Labute approximate surface area is 90.5 Å². The molecule has 1 saturated carbocycles. The molecule has 84 valence electrons. The fourth-order valence-electron chi connectivity index (χ4n) is 2.58. The van der Waals surface area contributed by atoms with Gasteiger partial charge in [-0.1, -0.05) is 53.9 Å². The molecule has 14 heavy (non-hydrogen) atoms. The average molecular weight is 196 g/mol. The molecule has 0 saturated heterocycles. The minimum absolute atomic E-state index is 0.858. The molecule has 1 aliphatic carbocycles. The van der Waals surface area contributed by atoms with Crippen LogP contribution >= 0.6 is 0 Å². The summed E-state index contributed by atoms with van der Waals surface area (Å²) in [5.74, 6) is 4.72. The molecule has 0 N–H and O–H groups in total. The van der Waals surface area contributed by atoms with Gasteiger partial charge in [0.2, 0.25) is 0 Å². The van der Waals surface area contributed by atoms with Crippen molar-refractivity contribution in [3.8, 4) is 0 Å². The molecule has 0 radical (unpaired) electrons.